The van der Waals surface area contributed by atoms with Crippen molar-refractivity contribution in [3.8, 4) is 0 Å². The zero-order chi connectivity index (χ0) is 30.1. The summed E-state index contributed by atoms with van der Waals surface area (Å²) in [5.74, 6) is -1.11. The van der Waals surface area contributed by atoms with Crippen LogP contribution in [-0.4, -0.2) is 30.0 Å². The first-order valence-electron chi connectivity index (χ1n) is 15.4. The van der Waals surface area contributed by atoms with Crippen molar-refractivity contribution in [1.82, 2.24) is 4.57 Å². The van der Waals surface area contributed by atoms with Crippen LogP contribution in [0.4, 0.5) is 10.1 Å². The fourth-order valence-corrected chi connectivity index (χ4v) is 10.2. The maximum absolute atomic E-state index is 15.5. The quantitative estimate of drug-likeness (QED) is 0.148. The van der Waals surface area contributed by atoms with Crippen LogP contribution in [-0.2, 0) is 4.74 Å². The smallest absolute Gasteiger partial charge is 0.346 e. The van der Waals surface area contributed by atoms with Crippen LogP contribution in [0, 0.1) is 5.82 Å². The Morgan fingerprint density at radius 1 is 0.795 bits per heavy atom. The van der Waals surface area contributed by atoms with Gasteiger partial charge in [-0.2, -0.15) is 0 Å². The second kappa shape index (κ2) is 12.0. The van der Waals surface area contributed by atoms with Crippen molar-refractivity contribution in [2.24, 2.45) is 0 Å². The molecule has 5 nitrogen and oxygen atoms in total. The van der Waals surface area contributed by atoms with E-state index in [0.717, 1.165) is 61.1 Å². The molecule has 0 radical (unpaired) electrons. The van der Waals surface area contributed by atoms with Crippen molar-refractivity contribution in [3.05, 3.63) is 131 Å². The van der Waals surface area contributed by atoms with E-state index in [0.29, 0.717) is 11.2 Å². The summed E-state index contributed by atoms with van der Waals surface area (Å²) in [6.45, 7) is 1.60. The van der Waals surface area contributed by atoms with Gasteiger partial charge in [0.2, 0.25) is 11.8 Å². The van der Waals surface area contributed by atoms with Crippen molar-refractivity contribution in [2.75, 3.05) is 24.3 Å². The fraction of sp³-hybridized carbons (Fsp3) is 0.243. The second-order valence-corrected chi connectivity index (χ2v) is 15.2. The second-order valence-electron chi connectivity index (χ2n) is 11.8. The van der Waals surface area contributed by atoms with Gasteiger partial charge in [-0.1, -0.05) is 54.6 Å². The van der Waals surface area contributed by atoms with Crippen LogP contribution in [0.15, 0.2) is 114 Å². The molecule has 0 unspecified atom stereocenters. The molecule has 0 amide bonds. The minimum absolute atomic E-state index is 0.0539. The molecule has 0 N–H and O–H groups in total. The first-order valence-corrected chi connectivity index (χ1v) is 17.4. The first-order chi connectivity index (χ1) is 21.6. The number of hydrogen-bond acceptors (Lipinski definition) is 4. The van der Waals surface area contributed by atoms with Crippen LogP contribution in [0.5, 0.6) is 0 Å². The molecular formula is C37H35FN2O3P+. The van der Waals surface area contributed by atoms with Crippen LogP contribution >= 0.6 is 7.26 Å². The number of nitrogens with zero attached hydrogens (tertiary/aromatic N) is 2. The summed E-state index contributed by atoms with van der Waals surface area (Å²) in [4.78, 5) is 29.9. The highest BCUT2D eigenvalue weighted by Gasteiger charge is 2.47. The number of ether oxygens (including phenoxy) is 1. The minimum atomic E-state index is -2.46. The standard InChI is InChI=1S/C37H35FN2O3P/c38-33-23-31-34(24-35(33)39-21-11-4-12-22-39)40(27-19-20-27)25-32(36(31)41)37(42)43-26-44(28-13-5-1-6-14-28,29-15-7-2-8-16-29)30-17-9-3-10-18-30/h1-3,5-10,13-18,23-25,27H,4,11-12,19-22,26H2/q+1. The monoisotopic (exact) mass is 605 g/mol. The fourth-order valence-electron chi connectivity index (χ4n) is 6.49. The number of fused-ring (bicyclic) bond motifs is 1. The van der Waals surface area contributed by atoms with Gasteiger partial charge in [-0.3, -0.25) is 4.79 Å². The van der Waals surface area contributed by atoms with Gasteiger partial charge < -0.3 is 14.2 Å². The van der Waals surface area contributed by atoms with E-state index < -0.39 is 24.5 Å². The van der Waals surface area contributed by atoms with Gasteiger partial charge in [-0.15, -0.1) is 0 Å². The average molecular weight is 606 g/mol. The summed E-state index contributed by atoms with van der Waals surface area (Å²) in [7, 11) is -2.46. The van der Waals surface area contributed by atoms with E-state index in [1.165, 1.54) is 6.07 Å². The van der Waals surface area contributed by atoms with E-state index in [2.05, 4.69) is 41.3 Å². The van der Waals surface area contributed by atoms with Gasteiger partial charge in [-0.25, -0.2) is 9.18 Å². The SMILES string of the molecule is O=C(OC[P+](c1ccccc1)(c1ccccc1)c1ccccc1)c1cn(C2CC2)c2cc(N3CCCCC3)c(F)cc2c1=O. The molecule has 0 bridgehead atoms. The van der Waals surface area contributed by atoms with Crippen molar-refractivity contribution < 1.29 is 13.9 Å². The first kappa shape index (κ1) is 28.5. The van der Waals surface area contributed by atoms with E-state index >= 15 is 4.39 Å². The zero-order valence-electron chi connectivity index (χ0n) is 24.6. The number of hydrogen-bond donors (Lipinski definition) is 0. The van der Waals surface area contributed by atoms with Crippen LogP contribution in [0.25, 0.3) is 10.9 Å². The third-order valence-corrected chi connectivity index (χ3v) is 13.0. The number of piperidine rings is 1. The maximum atomic E-state index is 15.5. The predicted octanol–water partition coefficient (Wildman–Crippen LogP) is 6.57. The molecule has 44 heavy (non-hydrogen) atoms. The van der Waals surface area contributed by atoms with Crippen LogP contribution in [0.2, 0.25) is 0 Å². The summed E-state index contributed by atoms with van der Waals surface area (Å²) in [6.07, 6.45) is 6.84. The molecule has 2 heterocycles. The van der Waals surface area contributed by atoms with Crippen molar-refractivity contribution in [2.45, 2.75) is 38.1 Å². The Kier molecular flexibility index (Phi) is 7.78. The molecule has 1 aliphatic carbocycles. The minimum Gasteiger partial charge on any atom is -0.425 e. The topological polar surface area (TPSA) is 51.5 Å². The lowest BCUT2D eigenvalue weighted by atomic mass is 10.1. The highest BCUT2D eigenvalue weighted by molar-refractivity contribution is 7.95. The molecular weight excluding hydrogens is 570 g/mol. The Labute approximate surface area is 257 Å². The largest absolute Gasteiger partial charge is 0.425 e. The molecule has 1 saturated heterocycles. The Bertz CT molecular complexity index is 1750. The number of esters is 1. The summed E-state index contributed by atoms with van der Waals surface area (Å²) in [5, 5.41) is 3.45. The highest BCUT2D eigenvalue weighted by atomic mass is 31.2. The normalized spacial score (nSPS) is 15.3. The third-order valence-electron chi connectivity index (χ3n) is 8.94. The van der Waals surface area contributed by atoms with E-state index in [4.69, 9.17) is 4.74 Å². The van der Waals surface area contributed by atoms with Gasteiger partial charge in [0.15, 0.2) is 7.26 Å². The van der Waals surface area contributed by atoms with Gasteiger partial charge in [0.1, 0.15) is 27.3 Å². The Balaban J connectivity index is 1.30. The molecule has 222 valence electrons. The molecule has 5 aromatic rings. The molecule has 0 spiro atoms. The summed E-state index contributed by atoms with van der Waals surface area (Å²) in [6, 6.07) is 33.8. The molecule has 2 fully saturated rings. The molecule has 1 aromatic heterocycles. The lowest BCUT2D eigenvalue weighted by Gasteiger charge is -2.29. The maximum Gasteiger partial charge on any atom is 0.346 e. The van der Waals surface area contributed by atoms with Crippen LogP contribution in [0.3, 0.4) is 0 Å². The van der Waals surface area contributed by atoms with Crippen molar-refractivity contribution >= 4 is 45.7 Å². The zero-order valence-corrected chi connectivity index (χ0v) is 25.5. The van der Waals surface area contributed by atoms with E-state index in [9.17, 15) is 9.59 Å². The summed E-state index contributed by atoms with van der Waals surface area (Å²) >= 11 is 0. The van der Waals surface area contributed by atoms with Gasteiger partial charge in [0, 0.05) is 30.7 Å². The number of aromatic nitrogens is 1. The molecule has 1 aliphatic heterocycles. The lowest BCUT2D eigenvalue weighted by Crippen LogP contribution is -2.35. The van der Waals surface area contributed by atoms with Crippen LogP contribution < -0.4 is 26.2 Å². The number of carbonyl (C=O) groups excluding carboxylic acids is 1. The lowest BCUT2D eigenvalue weighted by molar-refractivity contribution is 0.0573. The third kappa shape index (κ3) is 5.22. The molecule has 2 aliphatic rings. The molecule has 0 atom stereocenters. The number of pyridine rings is 1. The summed E-state index contributed by atoms with van der Waals surface area (Å²) < 4.78 is 23.7. The Morgan fingerprint density at radius 3 is 1.86 bits per heavy atom. The van der Waals surface area contributed by atoms with Crippen molar-refractivity contribution in [1.29, 1.82) is 0 Å². The predicted molar refractivity (Wildman–Crippen MR) is 178 cm³/mol. The number of anilines is 1. The van der Waals surface area contributed by atoms with E-state index in [1.807, 2.05) is 65.2 Å². The molecule has 4 aromatic carbocycles. The van der Waals surface area contributed by atoms with Crippen LogP contribution in [0.1, 0.15) is 48.5 Å². The highest BCUT2D eigenvalue weighted by Crippen LogP contribution is 2.55. The molecule has 1 saturated carbocycles. The number of benzene rings is 4. The average Bonchev–Trinajstić information content (AvgIpc) is 3.93. The molecule has 7 heteroatoms. The van der Waals surface area contributed by atoms with Gasteiger partial charge in [-0.05, 0) is 80.6 Å². The number of carbonyl (C=O) groups is 1. The van der Waals surface area contributed by atoms with Gasteiger partial charge >= 0.3 is 5.97 Å². The van der Waals surface area contributed by atoms with Gasteiger partial charge in [0.05, 0.1) is 11.2 Å². The van der Waals surface area contributed by atoms with Gasteiger partial charge in [0.25, 0.3) is 0 Å². The van der Waals surface area contributed by atoms with E-state index in [-0.39, 0.29) is 23.3 Å². The Hall–Kier alpha value is -4.28. The number of halogens is 1. The van der Waals surface area contributed by atoms with E-state index in [1.54, 1.807) is 6.20 Å². The molecule has 7 rings (SSSR count). The van der Waals surface area contributed by atoms with Crippen molar-refractivity contribution in [3.63, 3.8) is 0 Å². The number of rotatable bonds is 8. The Morgan fingerprint density at radius 2 is 1.34 bits per heavy atom. The summed E-state index contributed by atoms with van der Waals surface area (Å²) in [5.41, 5.74) is 0.663.